The topological polar surface area (TPSA) is 39.3 Å². The van der Waals surface area contributed by atoms with Gasteiger partial charge >= 0.3 is 0 Å². The van der Waals surface area contributed by atoms with Crippen molar-refractivity contribution in [1.29, 1.82) is 0 Å². The molecule has 1 aromatic carbocycles. The average Bonchev–Trinajstić information content (AvgIpc) is 3.19. The van der Waals surface area contributed by atoms with Gasteiger partial charge in [0.15, 0.2) is 0 Å². The summed E-state index contributed by atoms with van der Waals surface area (Å²) in [6.45, 7) is 4.83. The maximum absolute atomic E-state index is 11.7. The third-order valence-electron chi connectivity index (χ3n) is 5.53. The fourth-order valence-electron chi connectivity index (χ4n) is 4.07. The standard InChI is InChI=1S/C20H24ClN3O/c21-18-7-8-19(22-20(18)25)15-3-5-16(6-4-15)24-13-9-17(10-14-24)23-11-1-2-12-23/h3-8,17H,1-2,9-14H2,(H,22,25). The van der Waals surface area contributed by atoms with Crippen LogP contribution in [0, 0.1) is 0 Å². The van der Waals surface area contributed by atoms with E-state index in [-0.39, 0.29) is 10.6 Å². The van der Waals surface area contributed by atoms with Crippen LogP contribution in [0.25, 0.3) is 11.3 Å². The van der Waals surface area contributed by atoms with E-state index >= 15 is 0 Å². The van der Waals surface area contributed by atoms with E-state index in [2.05, 4.69) is 39.0 Å². The molecule has 0 radical (unpaired) electrons. The summed E-state index contributed by atoms with van der Waals surface area (Å²) in [6, 6.07) is 12.7. The van der Waals surface area contributed by atoms with Gasteiger partial charge < -0.3 is 14.8 Å². The van der Waals surface area contributed by atoms with Gasteiger partial charge in [-0.15, -0.1) is 0 Å². The van der Waals surface area contributed by atoms with E-state index in [4.69, 9.17) is 11.6 Å². The number of piperidine rings is 1. The molecule has 0 amide bonds. The third-order valence-corrected chi connectivity index (χ3v) is 5.82. The highest BCUT2D eigenvalue weighted by Crippen LogP contribution is 2.26. The first kappa shape index (κ1) is 16.7. The molecule has 0 spiro atoms. The van der Waals surface area contributed by atoms with Gasteiger partial charge in [-0.2, -0.15) is 0 Å². The molecule has 2 saturated heterocycles. The molecule has 0 bridgehead atoms. The van der Waals surface area contributed by atoms with E-state index in [9.17, 15) is 4.79 Å². The number of hydrogen-bond acceptors (Lipinski definition) is 3. The Hall–Kier alpha value is -1.78. The highest BCUT2D eigenvalue weighted by atomic mass is 35.5. The lowest BCUT2D eigenvalue weighted by atomic mass is 10.0. The summed E-state index contributed by atoms with van der Waals surface area (Å²) in [5.74, 6) is 0. The molecule has 0 saturated carbocycles. The van der Waals surface area contributed by atoms with E-state index in [1.54, 1.807) is 6.07 Å². The Morgan fingerprint density at radius 1 is 0.920 bits per heavy atom. The number of aromatic nitrogens is 1. The van der Waals surface area contributed by atoms with Crippen LogP contribution in [0.2, 0.25) is 5.02 Å². The van der Waals surface area contributed by atoms with Crippen molar-refractivity contribution in [2.45, 2.75) is 31.7 Å². The monoisotopic (exact) mass is 357 g/mol. The van der Waals surface area contributed by atoms with E-state index < -0.39 is 0 Å². The van der Waals surface area contributed by atoms with Gasteiger partial charge in [-0.3, -0.25) is 4.79 Å². The van der Waals surface area contributed by atoms with Crippen LogP contribution >= 0.6 is 11.6 Å². The second-order valence-electron chi connectivity index (χ2n) is 7.06. The number of pyridine rings is 1. The summed E-state index contributed by atoms with van der Waals surface area (Å²) >= 11 is 5.80. The molecular formula is C20H24ClN3O. The molecular weight excluding hydrogens is 334 g/mol. The summed E-state index contributed by atoms with van der Waals surface area (Å²) in [7, 11) is 0. The van der Waals surface area contributed by atoms with E-state index in [1.807, 2.05) is 6.07 Å². The number of benzene rings is 1. The molecule has 2 aromatic rings. The molecule has 3 heterocycles. The predicted molar refractivity (Wildman–Crippen MR) is 104 cm³/mol. The van der Waals surface area contributed by atoms with Crippen molar-refractivity contribution in [2.24, 2.45) is 0 Å². The van der Waals surface area contributed by atoms with Gasteiger partial charge in [-0.1, -0.05) is 23.7 Å². The van der Waals surface area contributed by atoms with Gasteiger partial charge in [-0.05, 0) is 68.6 Å². The van der Waals surface area contributed by atoms with Crippen molar-refractivity contribution < 1.29 is 0 Å². The van der Waals surface area contributed by atoms with E-state index in [1.165, 1.54) is 44.5 Å². The molecule has 4 nitrogen and oxygen atoms in total. The molecule has 0 aliphatic carbocycles. The highest BCUT2D eigenvalue weighted by Gasteiger charge is 2.26. The Bertz CT molecular complexity index is 772. The van der Waals surface area contributed by atoms with Crippen LogP contribution in [0.3, 0.4) is 0 Å². The van der Waals surface area contributed by atoms with Gasteiger partial charge in [-0.25, -0.2) is 0 Å². The lowest BCUT2D eigenvalue weighted by molar-refractivity contribution is 0.208. The molecule has 0 unspecified atom stereocenters. The van der Waals surface area contributed by atoms with Crippen LogP contribution in [-0.2, 0) is 0 Å². The fraction of sp³-hybridized carbons (Fsp3) is 0.450. The minimum absolute atomic E-state index is 0.223. The summed E-state index contributed by atoms with van der Waals surface area (Å²) in [5.41, 5.74) is 2.82. The first-order chi connectivity index (χ1) is 12.2. The summed E-state index contributed by atoms with van der Waals surface area (Å²) < 4.78 is 0. The molecule has 0 atom stereocenters. The maximum Gasteiger partial charge on any atom is 0.267 e. The largest absolute Gasteiger partial charge is 0.371 e. The quantitative estimate of drug-likeness (QED) is 0.909. The third kappa shape index (κ3) is 3.60. The molecule has 4 rings (SSSR count). The molecule has 2 fully saturated rings. The summed E-state index contributed by atoms with van der Waals surface area (Å²) in [4.78, 5) is 19.6. The SMILES string of the molecule is O=c1[nH]c(-c2ccc(N3CCC(N4CCCC4)CC3)cc2)ccc1Cl. The Labute approximate surface area is 153 Å². The van der Waals surface area contributed by atoms with Crippen molar-refractivity contribution in [3.05, 3.63) is 51.8 Å². The van der Waals surface area contributed by atoms with E-state index in [0.29, 0.717) is 0 Å². The van der Waals surface area contributed by atoms with Crippen molar-refractivity contribution in [3.63, 3.8) is 0 Å². The number of nitrogens with zero attached hydrogens (tertiary/aromatic N) is 2. The van der Waals surface area contributed by atoms with Crippen LogP contribution in [0.15, 0.2) is 41.2 Å². The zero-order valence-electron chi connectivity index (χ0n) is 14.4. The second kappa shape index (κ2) is 7.22. The zero-order valence-corrected chi connectivity index (χ0v) is 15.1. The molecule has 25 heavy (non-hydrogen) atoms. The number of likely N-dealkylation sites (tertiary alicyclic amines) is 1. The number of nitrogens with one attached hydrogen (secondary N) is 1. The van der Waals surface area contributed by atoms with Gasteiger partial charge in [0.25, 0.3) is 5.56 Å². The fourth-order valence-corrected chi connectivity index (χ4v) is 4.18. The van der Waals surface area contributed by atoms with Gasteiger partial charge in [0, 0.05) is 30.5 Å². The first-order valence-electron chi connectivity index (χ1n) is 9.19. The minimum Gasteiger partial charge on any atom is -0.371 e. The molecule has 2 aliphatic rings. The van der Waals surface area contributed by atoms with Gasteiger partial charge in [0.05, 0.1) is 0 Å². The first-order valence-corrected chi connectivity index (χ1v) is 9.57. The van der Waals surface area contributed by atoms with E-state index in [0.717, 1.165) is 30.4 Å². The Kier molecular flexibility index (Phi) is 4.82. The van der Waals surface area contributed by atoms with Crippen LogP contribution < -0.4 is 10.5 Å². The van der Waals surface area contributed by atoms with Crippen molar-refractivity contribution in [3.8, 4) is 11.3 Å². The van der Waals surface area contributed by atoms with Crippen molar-refractivity contribution in [1.82, 2.24) is 9.88 Å². The van der Waals surface area contributed by atoms with Crippen LogP contribution in [0.5, 0.6) is 0 Å². The van der Waals surface area contributed by atoms with Crippen LogP contribution in [0.4, 0.5) is 5.69 Å². The van der Waals surface area contributed by atoms with Crippen LogP contribution in [0.1, 0.15) is 25.7 Å². The molecule has 1 N–H and O–H groups in total. The summed E-state index contributed by atoms with van der Waals surface area (Å²) in [5, 5.41) is 0.223. The molecule has 2 aliphatic heterocycles. The maximum atomic E-state index is 11.7. The summed E-state index contributed by atoms with van der Waals surface area (Å²) in [6.07, 6.45) is 5.25. The smallest absolute Gasteiger partial charge is 0.267 e. The number of halogens is 1. The van der Waals surface area contributed by atoms with Crippen molar-refractivity contribution in [2.75, 3.05) is 31.1 Å². The Morgan fingerprint density at radius 2 is 1.60 bits per heavy atom. The number of H-pyrrole nitrogens is 1. The second-order valence-corrected chi connectivity index (χ2v) is 7.46. The lowest BCUT2D eigenvalue weighted by Crippen LogP contribution is -2.43. The lowest BCUT2D eigenvalue weighted by Gasteiger charge is -2.37. The van der Waals surface area contributed by atoms with Crippen LogP contribution in [-0.4, -0.2) is 42.1 Å². The van der Waals surface area contributed by atoms with Crippen molar-refractivity contribution >= 4 is 17.3 Å². The molecule has 5 heteroatoms. The minimum atomic E-state index is -0.243. The highest BCUT2D eigenvalue weighted by molar-refractivity contribution is 6.30. The predicted octanol–water partition coefficient (Wildman–Crippen LogP) is 3.76. The average molecular weight is 358 g/mol. The molecule has 1 aromatic heterocycles. The number of anilines is 1. The Morgan fingerprint density at radius 3 is 2.24 bits per heavy atom. The normalized spacial score (nSPS) is 19.5. The zero-order chi connectivity index (χ0) is 17.2. The number of aromatic amines is 1. The van der Waals surface area contributed by atoms with Gasteiger partial charge in [0.2, 0.25) is 0 Å². The molecule has 132 valence electrons. The Balaban J connectivity index is 1.42. The van der Waals surface area contributed by atoms with Gasteiger partial charge in [0.1, 0.15) is 5.02 Å². The number of rotatable bonds is 3. The number of hydrogen-bond donors (Lipinski definition) is 1.